The number of hydrogen-bond donors (Lipinski definition) is 2. The first kappa shape index (κ1) is 15.6. The summed E-state index contributed by atoms with van der Waals surface area (Å²) in [5, 5.41) is 11.7. The first-order valence-electron chi connectivity index (χ1n) is 7.15. The molecular weight excluding hydrogens is 274 g/mol. The Bertz CT molecular complexity index is 532. The molecule has 1 saturated carbocycles. The molecule has 0 bridgehead atoms. The van der Waals surface area contributed by atoms with Gasteiger partial charge in [-0.2, -0.15) is 0 Å². The number of aromatic carboxylic acids is 1. The predicted molar refractivity (Wildman–Crippen MR) is 75.4 cm³/mol. The minimum Gasteiger partial charge on any atom is -0.475 e. The molecule has 1 aliphatic rings. The molecule has 21 heavy (non-hydrogen) atoms. The van der Waals surface area contributed by atoms with Crippen LogP contribution in [0.25, 0.3) is 0 Å². The monoisotopic (exact) mass is 295 g/mol. The first-order valence-corrected chi connectivity index (χ1v) is 7.15. The Balaban J connectivity index is 2.07. The van der Waals surface area contributed by atoms with E-state index in [1.807, 2.05) is 0 Å². The van der Waals surface area contributed by atoms with Gasteiger partial charge in [0.1, 0.15) is 0 Å². The minimum atomic E-state index is -1.19. The molecule has 1 aromatic heterocycles. The molecule has 1 fully saturated rings. The predicted octanol–water partition coefficient (Wildman–Crippen LogP) is 2.30. The zero-order valence-electron chi connectivity index (χ0n) is 12.5. The average Bonchev–Trinajstić information content (AvgIpc) is 2.94. The zero-order chi connectivity index (χ0) is 15.6. The van der Waals surface area contributed by atoms with Crippen LogP contribution in [-0.4, -0.2) is 36.2 Å². The van der Waals surface area contributed by atoms with E-state index in [0.29, 0.717) is 0 Å². The van der Waals surface area contributed by atoms with E-state index in [1.165, 1.54) is 12.1 Å². The summed E-state index contributed by atoms with van der Waals surface area (Å²) in [6, 6.07) is 2.68. The molecule has 0 radical (unpaired) electrons. The van der Waals surface area contributed by atoms with Crippen LogP contribution in [0.15, 0.2) is 16.5 Å². The van der Waals surface area contributed by atoms with Crippen molar-refractivity contribution in [3.8, 4) is 0 Å². The van der Waals surface area contributed by atoms with E-state index in [2.05, 4.69) is 19.2 Å². The number of amides is 1. The van der Waals surface area contributed by atoms with Crippen LogP contribution in [-0.2, 0) is 4.74 Å². The molecule has 6 nitrogen and oxygen atoms in total. The van der Waals surface area contributed by atoms with Gasteiger partial charge in [-0.25, -0.2) is 4.79 Å². The first-order chi connectivity index (χ1) is 9.98. The van der Waals surface area contributed by atoms with Gasteiger partial charge in [-0.3, -0.25) is 4.79 Å². The van der Waals surface area contributed by atoms with Gasteiger partial charge in [0.2, 0.25) is 5.76 Å². The minimum absolute atomic E-state index is 0.0170. The van der Waals surface area contributed by atoms with Crippen LogP contribution < -0.4 is 5.32 Å². The summed E-state index contributed by atoms with van der Waals surface area (Å²) in [6.07, 6.45) is 2.72. The van der Waals surface area contributed by atoms with Crippen molar-refractivity contribution in [2.45, 2.75) is 45.3 Å². The third-order valence-electron chi connectivity index (χ3n) is 4.73. The van der Waals surface area contributed by atoms with Crippen molar-refractivity contribution in [3.63, 3.8) is 0 Å². The second-order valence-electron chi connectivity index (χ2n) is 5.40. The molecule has 116 valence electrons. The summed E-state index contributed by atoms with van der Waals surface area (Å²) in [5.74, 6) is -1.78. The van der Waals surface area contributed by atoms with Crippen LogP contribution >= 0.6 is 0 Å². The number of carbonyl (C=O) groups excluding carboxylic acids is 1. The number of carboxylic acids is 1. The zero-order valence-corrected chi connectivity index (χ0v) is 12.5. The fourth-order valence-electron chi connectivity index (χ4n) is 3.28. The lowest BCUT2D eigenvalue weighted by Crippen LogP contribution is -2.64. The molecule has 1 amide bonds. The maximum atomic E-state index is 12.2. The second kappa shape index (κ2) is 5.89. The van der Waals surface area contributed by atoms with Gasteiger partial charge in [-0.05, 0) is 31.4 Å². The van der Waals surface area contributed by atoms with E-state index < -0.39 is 5.97 Å². The molecule has 2 N–H and O–H groups in total. The summed E-state index contributed by atoms with van der Waals surface area (Å²) in [7, 11) is 1.69. The lowest BCUT2D eigenvalue weighted by Gasteiger charge is -2.54. The van der Waals surface area contributed by atoms with Gasteiger partial charge in [0.25, 0.3) is 5.91 Å². The van der Waals surface area contributed by atoms with Gasteiger partial charge in [0, 0.05) is 18.6 Å². The summed E-state index contributed by atoms with van der Waals surface area (Å²) in [5.41, 5.74) is -0.0629. The van der Waals surface area contributed by atoms with Crippen LogP contribution in [0.2, 0.25) is 0 Å². The Morgan fingerprint density at radius 2 is 2.00 bits per heavy atom. The quantitative estimate of drug-likeness (QED) is 0.840. The van der Waals surface area contributed by atoms with E-state index in [1.54, 1.807) is 7.11 Å². The lowest BCUT2D eigenvalue weighted by molar-refractivity contribution is -0.120. The smallest absolute Gasteiger partial charge is 0.371 e. The Hall–Kier alpha value is -1.82. The van der Waals surface area contributed by atoms with Crippen molar-refractivity contribution in [2.75, 3.05) is 7.11 Å². The third-order valence-corrected chi connectivity index (χ3v) is 4.73. The van der Waals surface area contributed by atoms with Gasteiger partial charge in [-0.1, -0.05) is 13.8 Å². The van der Waals surface area contributed by atoms with Crippen molar-refractivity contribution in [1.29, 1.82) is 0 Å². The summed E-state index contributed by atoms with van der Waals surface area (Å²) < 4.78 is 10.5. The molecular formula is C15H21NO5. The second-order valence-corrected chi connectivity index (χ2v) is 5.40. The number of carbonyl (C=O) groups is 2. The van der Waals surface area contributed by atoms with E-state index in [0.717, 1.165) is 19.3 Å². The van der Waals surface area contributed by atoms with Crippen LogP contribution in [0, 0.1) is 5.41 Å². The van der Waals surface area contributed by atoms with Crippen molar-refractivity contribution in [3.05, 3.63) is 23.7 Å². The van der Waals surface area contributed by atoms with Gasteiger partial charge in [-0.15, -0.1) is 0 Å². The highest BCUT2D eigenvalue weighted by atomic mass is 16.5. The van der Waals surface area contributed by atoms with Crippen molar-refractivity contribution in [1.82, 2.24) is 5.32 Å². The molecule has 0 aliphatic heterocycles. The maximum absolute atomic E-state index is 12.2. The number of carboxylic acid groups (broad SMARTS) is 1. The highest BCUT2D eigenvalue weighted by molar-refractivity contribution is 5.93. The van der Waals surface area contributed by atoms with E-state index in [9.17, 15) is 9.59 Å². The fraction of sp³-hybridized carbons (Fsp3) is 0.600. The Labute approximate surface area is 123 Å². The van der Waals surface area contributed by atoms with Crippen molar-refractivity contribution >= 4 is 11.9 Å². The molecule has 1 aliphatic carbocycles. The largest absolute Gasteiger partial charge is 0.475 e. The summed E-state index contributed by atoms with van der Waals surface area (Å²) >= 11 is 0. The van der Waals surface area contributed by atoms with Crippen molar-refractivity contribution in [2.24, 2.45) is 5.41 Å². The van der Waals surface area contributed by atoms with E-state index in [4.69, 9.17) is 14.3 Å². The van der Waals surface area contributed by atoms with Crippen LogP contribution in [0.3, 0.4) is 0 Å². The molecule has 0 aromatic carbocycles. The van der Waals surface area contributed by atoms with E-state index >= 15 is 0 Å². The third kappa shape index (κ3) is 2.55. The molecule has 6 heteroatoms. The number of methoxy groups -OCH3 is 1. The molecule has 2 atom stereocenters. The standard InChI is InChI=1S/C15H21NO5/c1-4-15(5-2)11(8-12(15)20-3)16-13(17)9-6-7-10(21-9)14(18)19/h6-7,11-12H,4-5,8H2,1-3H3,(H,16,17)(H,18,19). The summed E-state index contributed by atoms with van der Waals surface area (Å²) in [4.78, 5) is 22.9. The fourth-order valence-corrected chi connectivity index (χ4v) is 3.28. The lowest BCUT2D eigenvalue weighted by atomic mass is 9.58. The van der Waals surface area contributed by atoms with Crippen LogP contribution in [0.1, 0.15) is 54.2 Å². The Morgan fingerprint density at radius 3 is 2.48 bits per heavy atom. The van der Waals surface area contributed by atoms with Gasteiger partial charge >= 0.3 is 5.97 Å². The molecule has 2 rings (SSSR count). The van der Waals surface area contributed by atoms with Crippen LogP contribution in [0.4, 0.5) is 0 Å². The number of rotatable bonds is 6. The van der Waals surface area contributed by atoms with Crippen LogP contribution in [0.5, 0.6) is 0 Å². The summed E-state index contributed by atoms with van der Waals surface area (Å²) in [6.45, 7) is 4.17. The average molecular weight is 295 g/mol. The normalized spacial score (nSPS) is 23.4. The molecule has 1 heterocycles. The number of hydrogen-bond acceptors (Lipinski definition) is 4. The molecule has 0 spiro atoms. The number of nitrogens with one attached hydrogen (secondary N) is 1. The van der Waals surface area contributed by atoms with E-state index in [-0.39, 0.29) is 35.0 Å². The topological polar surface area (TPSA) is 88.8 Å². The Morgan fingerprint density at radius 1 is 1.38 bits per heavy atom. The SMILES string of the molecule is CCC1(CC)C(NC(=O)c2ccc(C(=O)O)o2)CC1OC. The van der Waals surface area contributed by atoms with Gasteiger partial charge in [0.15, 0.2) is 5.76 Å². The number of furan rings is 1. The molecule has 2 unspecified atom stereocenters. The maximum Gasteiger partial charge on any atom is 0.371 e. The highest BCUT2D eigenvalue weighted by Gasteiger charge is 2.53. The Kier molecular flexibility index (Phi) is 4.37. The van der Waals surface area contributed by atoms with Gasteiger partial charge in [0.05, 0.1) is 6.10 Å². The number of ether oxygens (including phenoxy) is 1. The highest BCUT2D eigenvalue weighted by Crippen LogP contribution is 2.48. The molecule has 0 saturated heterocycles. The molecule has 1 aromatic rings. The van der Waals surface area contributed by atoms with Gasteiger partial charge < -0.3 is 19.6 Å². The van der Waals surface area contributed by atoms with Crippen molar-refractivity contribution < 1.29 is 23.8 Å².